The molecule has 0 fully saturated rings. The molecule has 2 rings (SSSR count). The molecule has 1 heterocycles. The van der Waals surface area contributed by atoms with E-state index in [1.165, 1.54) is 133 Å². The van der Waals surface area contributed by atoms with Crippen molar-refractivity contribution in [2.24, 2.45) is 0 Å². The summed E-state index contributed by atoms with van der Waals surface area (Å²) in [5.74, 6) is 0. The Kier molecular flexibility index (Phi) is 17.6. The zero-order valence-corrected chi connectivity index (χ0v) is 24.6. The van der Waals surface area contributed by atoms with Gasteiger partial charge in [0.1, 0.15) is 6.54 Å². The number of rotatable bonds is 22. The van der Waals surface area contributed by atoms with Gasteiger partial charge in [-0.3, -0.25) is 0 Å². The van der Waals surface area contributed by atoms with Crippen molar-refractivity contribution in [1.82, 2.24) is 0 Å². The Labute approximate surface area is 230 Å². The minimum atomic E-state index is 1.01. The van der Waals surface area contributed by atoms with Crippen molar-refractivity contribution in [3.63, 3.8) is 0 Å². The molecule has 0 radical (unpaired) electrons. The summed E-state index contributed by atoms with van der Waals surface area (Å²) in [7, 11) is 0. The zero-order chi connectivity index (χ0) is 26.4. The molecule has 0 aliphatic carbocycles. The summed E-state index contributed by atoms with van der Waals surface area (Å²) in [6, 6.07) is 13.6. The van der Waals surface area contributed by atoms with Crippen LogP contribution in [-0.4, -0.2) is 13.1 Å². The molecule has 0 bridgehead atoms. The van der Waals surface area contributed by atoms with Crippen molar-refractivity contribution in [2.75, 3.05) is 18.0 Å². The number of hydrogen-bond acceptors (Lipinski definition) is 1. The summed E-state index contributed by atoms with van der Waals surface area (Å²) in [4.78, 5) is 2.66. The smallest absolute Gasteiger partial charge is 0.169 e. The molecule has 0 saturated heterocycles. The van der Waals surface area contributed by atoms with E-state index in [0.717, 1.165) is 6.54 Å². The van der Waals surface area contributed by atoms with Crippen LogP contribution >= 0.6 is 0 Å². The minimum Gasteiger partial charge on any atom is -0.372 e. The zero-order valence-electron chi connectivity index (χ0n) is 24.6. The summed E-state index contributed by atoms with van der Waals surface area (Å²) in [5.41, 5.74) is 3.92. The van der Waals surface area contributed by atoms with Crippen LogP contribution in [0.15, 0.2) is 48.8 Å². The number of pyridine rings is 1. The van der Waals surface area contributed by atoms with Crippen LogP contribution in [0.5, 0.6) is 0 Å². The molecule has 0 amide bonds. The Morgan fingerprint density at radius 2 is 0.919 bits per heavy atom. The maximum atomic E-state index is 2.66. The van der Waals surface area contributed by atoms with Gasteiger partial charge in [0, 0.05) is 30.9 Å². The number of anilines is 1. The van der Waals surface area contributed by atoms with Gasteiger partial charge >= 0.3 is 0 Å². The quantitative estimate of drug-likeness (QED) is 0.114. The second kappa shape index (κ2) is 20.9. The second-order valence-electron chi connectivity index (χ2n) is 10.8. The first-order chi connectivity index (χ1) is 18.3. The molecule has 37 heavy (non-hydrogen) atoms. The standard InChI is InChI=1S/C35H57N2/c1-4-7-9-11-13-15-17-19-29-37(30-20-18-16-14-12-10-8-5-2)35-25-23-33(24-26-35)21-22-34-27-31-36(6-3)32-28-34/h21-28,31-32H,4-20,29-30H2,1-3H3/q+1. The monoisotopic (exact) mass is 505 g/mol. The van der Waals surface area contributed by atoms with Crippen LogP contribution in [0.1, 0.15) is 135 Å². The lowest BCUT2D eigenvalue weighted by Gasteiger charge is -2.25. The molecular weight excluding hydrogens is 448 g/mol. The molecule has 0 aliphatic rings. The first-order valence-corrected chi connectivity index (χ1v) is 15.8. The van der Waals surface area contributed by atoms with Crippen LogP contribution in [0.4, 0.5) is 5.69 Å². The molecule has 2 aromatic rings. The van der Waals surface area contributed by atoms with E-state index in [-0.39, 0.29) is 0 Å². The predicted octanol–water partition coefficient (Wildman–Crippen LogP) is 10.3. The van der Waals surface area contributed by atoms with Crippen molar-refractivity contribution in [1.29, 1.82) is 0 Å². The Balaban J connectivity index is 1.84. The maximum Gasteiger partial charge on any atom is 0.169 e. The van der Waals surface area contributed by atoms with E-state index in [4.69, 9.17) is 0 Å². The summed E-state index contributed by atoms with van der Waals surface area (Å²) < 4.78 is 2.19. The van der Waals surface area contributed by atoms with E-state index in [1.54, 1.807) is 0 Å². The fourth-order valence-electron chi connectivity index (χ4n) is 5.02. The molecule has 2 heteroatoms. The highest BCUT2D eigenvalue weighted by Crippen LogP contribution is 2.20. The molecule has 0 atom stereocenters. The third-order valence-electron chi connectivity index (χ3n) is 7.57. The highest BCUT2D eigenvalue weighted by molar-refractivity contribution is 5.70. The summed E-state index contributed by atoms with van der Waals surface area (Å²) in [6.07, 6.45) is 30.9. The van der Waals surface area contributed by atoms with E-state index in [2.05, 4.69) is 91.2 Å². The van der Waals surface area contributed by atoms with E-state index in [9.17, 15) is 0 Å². The molecule has 0 N–H and O–H groups in total. The largest absolute Gasteiger partial charge is 0.372 e. The van der Waals surface area contributed by atoms with Crippen molar-refractivity contribution in [2.45, 2.75) is 130 Å². The Morgan fingerprint density at radius 1 is 0.514 bits per heavy atom. The van der Waals surface area contributed by atoms with Crippen LogP contribution in [0.2, 0.25) is 0 Å². The highest BCUT2D eigenvalue weighted by atomic mass is 15.1. The molecule has 0 aliphatic heterocycles. The fraction of sp³-hybridized carbons (Fsp3) is 0.629. The molecule has 206 valence electrons. The van der Waals surface area contributed by atoms with Gasteiger partial charge < -0.3 is 4.90 Å². The second-order valence-corrected chi connectivity index (χ2v) is 10.8. The molecule has 2 nitrogen and oxygen atoms in total. The lowest BCUT2D eigenvalue weighted by atomic mass is 10.1. The normalized spacial score (nSPS) is 11.4. The molecule has 0 saturated carbocycles. The third-order valence-corrected chi connectivity index (χ3v) is 7.57. The van der Waals surface area contributed by atoms with Gasteiger partial charge in [-0.2, -0.15) is 0 Å². The van der Waals surface area contributed by atoms with Gasteiger partial charge in [-0.1, -0.05) is 128 Å². The lowest BCUT2D eigenvalue weighted by Crippen LogP contribution is -2.30. The van der Waals surface area contributed by atoms with Crippen molar-refractivity contribution < 1.29 is 4.57 Å². The number of nitrogens with zero attached hydrogens (tertiary/aromatic N) is 2. The van der Waals surface area contributed by atoms with Gasteiger partial charge in [-0.25, -0.2) is 4.57 Å². The van der Waals surface area contributed by atoms with Gasteiger partial charge in [0.2, 0.25) is 0 Å². The molecular formula is C35H57N2+. The number of aryl methyl sites for hydroxylation is 1. The predicted molar refractivity (Wildman–Crippen MR) is 165 cm³/mol. The van der Waals surface area contributed by atoms with E-state index in [1.807, 2.05) is 0 Å². The lowest BCUT2D eigenvalue weighted by molar-refractivity contribution is -0.693. The summed E-state index contributed by atoms with van der Waals surface area (Å²) in [5, 5.41) is 0. The van der Waals surface area contributed by atoms with Crippen LogP contribution in [0.3, 0.4) is 0 Å². The van der Waals surface area contributed by atoms with Gasteiger partial charge in [0.15, 0.2) is 12.4 Å². The Morgan fingerprint density at radius 3 is 1.35 bits per heavy atom. The van der Waals surface area contributed by atoms with Crippen LogP contribution in [-0.2, 0) is 6.54 Å². The van der Waals surface area contributed by atoms with Crippen LogP contribution < -0.4 is 9.47 Å². The maximum absolute atomic E-state index is 2.66. The topological polar surface area (TPSA) is 7.12 Å². The van der Waals surface area contributed by atoms with Crippen LogP contribution in [0.25, 0.3) is 12.2 Å². The van der Waals surface area contributed by atoms with E-state index < -0.39 is 0 Å². The molecule has 0 unspecified atom stereocenters. The SMILES string of the molecule is CCCCCCCCCCN(CCCCCCCCCC)c1ccc(/C=C/c2cc[n+](CC)cc2)cc1. The number of unbranched alkanes of at least 4 members (excludes halogenated alkanes) is 14. The van der Waals surface area contributed by atoms with Crippen molar-refractivity contribution in [3.8, 4) is 0 Å². The van der Waals surface area contributed by atoms with Gasteiger partial charge in [0.25, 0.3) is 0 Å². The van der Waals surface area contributed by atoms with Crippen molar-refractivity contribution >= 4 is 17.8 Å². The van der Waals surface area contributed by atoms with Gasteiger partial charge in [-0.05, 0) is 43.0 Å². The summed E-state index contributed by atoms with van der Waals surface area (Å²) in [6.45, 7) is 10.2. The fourth-order valence-corrected chi connectivity index (χ4v) is 5.02. The van der Waals surface area contributed by atoms with E-state index >= 15 is 0 Å². The molecule has 1 aromatic carbocycles. The van der Waals surface area contributed by atoms with Gasteiger partial charge in [0.05, 0.1) is 0 Å². The highest BCUT2D eigenvalue weighted by Gasteiger charge is 2.07. The average Bonchev–Trinajstić information content (AvgIpc) is 2.94. The van der Waals surface area contributed by atoms with E-state index in [0.29, 0.717) is 0 Å². The van der Waals surface area contributed by atoms with Gasteiger partial charge in [-0.15, -0.1) is 0 Å². The number of benzene rings is 1. The Bertz CT molecular complexity index is 786. The Hall–Kier alpha value is -2.09. The van der Waals surface area contributed by atoms with Crippen molar-refractivity contribution in [3.05, 3.63) is 59.9 Å². The minimum absolute atomic E-state index is 1.01. The summed E-state index contributed by atoms with van der Waals surface area (Å²) >= 11 is 0. The third kappa shape index (κ3) is 14.4. The average molecular weight is 506 g/mol. The first-order valence-electron chi connectivity index (χ1n) is 15.8. The number of aromatic nitrogens is 1. The number of hydrogen-bond donors (Lipinski definition) is 0. The molecule has 0 spiro atoms. The van der Waals surface area contributed by atoms with Crippen LogP contribution in [0, 0.1) is 0 Å². The first kappa shape index (κ1) is 31.1. The molecule has 1 aromatic heterocycles.